The highest BCUT2D eigenvalue weighted by atomic mass is 79.9. The van der Waals surface area contributed by atoms with Gasteiger partial charge in [-0.05, 0) is 47.1 Å². The zero-order valence-corrected chi connectivity index (χ0v) is 14.4. The van der Waals surface area contributed by atoms with Crippen LogP contribution >= 0.6 is 15.9 Å². The molecule has 0 aromatic heterocycles. The third-order valence-electron chi connectivity index (χ3n) is 2.88. The van der Waals surface area contributed by atoms with Crippen LogP contribution in [0.1, 0.15) is 12.5 Å². The number of aliphatic hydroxyl groups excluding tert-OH is 1. The number of nitrogens with one attached hydrogen (secondary N) is 1. The van der Waals surface area contributed by atoms with Crippen LogP contribution in [0.2, 0.25) is 0 Å². The average molecular weight is 379 g/mol. The van der Waals surface area contributed by atoms with Gasteiger partial charge in [-0.25, -0.2) is 0 Å². The summed E-state index contributed by atoms with van der Waals surface area (Å²) in [5.74, 6) is 1.20. The van der Waals surface area contributed by atoms with E-state index >= 15 is 0 Å². The molecule has 0 atom stereocenters. The van der Waals surface area contributed by atoms with Crippen molar-refractivity contribution in [2.75, 3.05) is 25.2 Å². The van der Waals surface area contributed by atoms with E-state index in [1.165, 1.54) is 0 Å². The van der Waals surface area contributed by atoms with Crippen LogP contribution in [0.5, 0.6) is 11.5 Å². The Hall–Kier alpha value is -2.05. The lowest BCUT2D eigenvalue weighted by Crippen LogP contribution is -2.05. The largest absolute Gasteiger partial charge is 0.490 e. The minimum absolute atomic E-state index is 0.0482. The summed E-state index contributed by atoms with van der Waals surface area (Å²) in [7, 11) is 0. The van der Waals surface area contributed by atoms with Gasteiger partial charge in [-0.1, -0.05) is 18.2 Å². The van der Waals surface area contributed by atoms with Crippen molar-refractivity contribution in [1.82, 2.24) is 0 Å². The molecule has 0 aliphatic heterocycles. The molecule has 0 spiro atoms. The summed E-state index contributed by atoms with van der Waals surface area (Å²) in [4.78, 5) is 0. The number of anilines is 1. The summed E-state index contributed by atoms with van der Waals surface area (Å²) in [6.45, 7) is 2.60. The van der Waals surface area contributed by atoms with E-state index in [1.807, 2.05) is 49.4 Å². The topological polar surface area (TPSA) is 63.1 Å². The standard InChI is InChI=1S/C17H19BrN2O3/c1-2-22-16-10-13(15(18)11-17(16)23-9-8-21)12-19-20-14-6-4-3-5-7-14/h3-7,10-12,20-21H,2,8-9H2,1H3. The molecule has 0 fully saturated rings. The number of para-hydroxylation sites is 1. The third-order valence-corrected chi connectivity index (χ3v) is 3.57. The predicted octanol–water partition coefficient (Wildman–Crippen LogP) is 3.66. The maximum atomic E-state index is 8.89. The van der Waals surface area contributed by atoms with E-state index in [4.69, 9.17) is 14.6 Å². The second kappa shape index (κ2) is 9.17. The Morgan fingerprint density at radius 3 is 2.61 bits per heavy atom. The van der Waals surface area contributed by atoms with Crippen molar-refractivity contribution in [2.45, 2.75) is 6.92 Å². The van der Waals surface area contributed by atoms with E-state index in [-0.39, 0.29) is 13.2 Å². The number of benzene rings is 2. The Morgan fingerprint density at radius 2 is 1.91 bits per heavy atom. The molecule has 2 aromatic carbocycles. The highest BCUT2D eigenvalue weighted by Gasteiger charge is 2.10. The van der Waals surface area contributed by atoms with Crippen molar-refractivity contribution < 1.29 is 14.6 Å². The number of hydrogen-bond acceptors (Lipinski definition) is 5. The van der Waals surface area contributed by atoms with Crippen LogP contribution < -0.4 is 14.9 Å². The Balaban J connectivity index is 2.15. The molecular weight excluding hydrogens is 360 g/mol. The molecular formula is C17H19BrN2O3. The number of hydrogen-bond donors (Lipinski definition) is 2. The Bertz CT molecular complexity index is 648. The molecule has 122 valence electrons. The lowest BCUT2D eigenvalue weighted by Gasteiger charge is -2.13. The normalized spacial score (nSPS) is 10.7. The molecule has 0 amide bonds. The molecule has 0 aliphatic rings. The fraction of sp³-hybridized carbons (Fsp3) is 0.235. The Morgan fingerprint density at radius 1 is 1.17 bits per heavy atom. The summed E-state index contributed by atoms with van der Waals surface area (Å²) < 4.78 is 11.9. The van der Waals surface area contributed by atoms with Crippen molar-refractivity contribution in [2.24, 2.45) is 5.10 Å². The van der Waals surface area contributed by atoms with Gasteiger partial charge in [0.15, 0.2) is 11.5 Å². The summed E-state index contributed by atoms with van der Waals surface area (Å²) in [5.41, 5.74) is 4.73. The number of rotatable bonds is 8. The molecule has 0 unspecified atom stereocenters. The van der Waals surface area contributed by atoms with Crippen molar-refractivity contribution in [3.63, 3.8) is 0 Å². The number of nitrogens with zero attached hydrogens (tertiary/aromatic N) is 1. The van der Waals surface area contributed by atoms with Crippen molar-refractivity contribution >= 4 is 27.8 Å². The van der Waals surface area contributed by atoms with E-state index in [9.17, 15) is 0 Å². The van der Waals surface area contributed by atoms with E-state index in [0.717, 1.165) is 15.7 Å². The van der Waals surface area contributed by atoms with Crippen LogP contribution in [0.25, 0.3) is 0 Å². The smallest absolute Gasteiger partial charge is 0.162 e. The highest BCUT2D eigenvalue weighted by molar-refractivity contribution is 9.10. The van der Waals surface area contributed by atoms with Gasteiger partial charge in [0.25, 0.3) is 0 Å². The van der Waals surface area contributed by atoms with E-state index < -0.39 is 0 Å². The summed E-state index contributed by atoms with van der Waals surface area (Å²) in [6.07, 6.45) is 1.70. The number of halogens is 1. The maximum Gasteiger partial charge on any atom is 0.162 e. The van der Waals surface area contributed by atoms with E-state index in [2.05, 4.69) is 26.5 Å². The van der Waals surface area contributed by atoms with Gasteiger partial charge < -0.3 is 14.6 Å². The van der Waals surface area contributed by atoms with Gasteiger partial charge in [-0.3, -0.25) is 5.43 Å². The van der Waals surface area contributed by atoms with Crippen LogP contribution in [0.3, 0.4) is 0 Å². The number of ether oxygens (including phenoxy) is 2. The van der Waals surface area contributed by atoms with Crippen molar-refractivity contribution in [3.8, 4) is 11.5 Å². The first-order valence-corrected chi connectivity index (χ1v) is 8.08. The number of aliphatic hydroxyl groups is 1. The minimum Gasteiger partial charge on any atom is -0.490 e. The van der Waals surface area contributed by atoms with Gasteiger partial charge in [-0.15, -0.1) is 0 Å². The molecule has 0 saturated carbocycles. The summed E-state index contributed by atoms with van der Waals surface area (Å²) in [6, 6.07) is 13.3. The summed E-state index contributed by atoms with van der Waals surface area (Å²) >= 11 is 3.49. The predicted molar refractivity (Wildman–Crippen MR) is 95.6 cm³/mol. The van der Waals surface area contributed by atoms with Crippen LogP contribution in [0.4, 0.5) is 5.69 Å². The first-order chi connectivity index (χ1) is 11.2. The quantitative estimate of drug-likeness (QED) is 0.543. The molecule has 2 aromatic rings. The fourth-order valence-corrected chi connectivity index (χ4v) is 2.30. The van der Waals surface area contributed by atoms with Gasteiger partial charge in [0, 0.05) is 10.0 Å². The van der Waals surface area contributed by atoms with Gasteiger partial charge >= 0.3 is 0 Å². The molecule has 0 heterocycles. The Kier molecular flexibility index (Phi) is 6.90. The molecule has 2 rings (SSSR count). The van der Waals surface area contributed by atoms with Crippen LogP contribution in [-0.2, 0) is 0 Å². The molecule has 23 heavy (non-hydrogen) atoms. The van der Waals surface area contributed by atoms with E-state index in [0.29, 0.717) is 18.1 Å². The van der Waals surface area contributed by atoms with Gasteiger partial charge in [0.05, 0.1) is 25.1 Å². The van der Waals surface area contributed by atoms with Gasteiger partial charge in [-0.2, -0.15) is 5.10 Å². The van der Waals surface area contributed by atoms with Crippen molar-refractivity contribution in [3.05, 3.63) is 52.5 Å². The van der Waals surface area contributed by atoms with Crippen molar-refractivity contribution in [1.29, 1.82) is 0 Å². The molecule has 5 nitrogen and oxygen atoms in total. The van der Waals surface area contributed by atoms with Gasteiger partial charge in [0.1, 0.15) is 6.61 Å². The molecule has 0 bridgehead atoms. The van der Waals surface area contributed by atoms with Crippen LogP contribution in [0, 0.1) is 0 Å². The molecule has 2 N–H and O–H groups in total. The zero-order valence-electron chi connectivity index (χ0n) is 12.8. The first-order valence-electron chi connectivity index (χ1n) is 7.28. The molecule has 6 heteroatoms. The van der Waals surface area contributed by atoms with Crippen LogP contribution in [0.15, 0.2) is 52.0 Å². The minimum atomic E-state index is -0.0482. The first kappa shape index (κ1) is 17.3. The van der Waals surface area contributed by atoms with Crippen LogP contribution in [-0.4, -0.2) is 31.1 Å². The maximum absolute atomic E-state index is 8.89. The third kappa shape index (κ3) is 5.26. The Labute approximate surface area is 144 Å². The second-order valence-corrected chi connectivity index (χ2v) is 5.42. The van der Waals surface area contributed by atoms with Gasteiger partial charge in [0.2, 0.25) is 0 Å². The molecule has 0 aliphatic carbocycles. The highest BCUT2D eigenvalue weighted by Crippen LogP contribution is 2.33. The lowest BCUT2D eigenvalue weighted by molar-refractivity contribution is 0.194. The molecule has 0 radical (unpaired) electrons. The monoisotopic (exact) mass is 378 g/mol. The molecule has 0 saturated heterocycles. The van der Waals surface area contributed by atoms with E-state index in [1.54, 1.807) is 6.21 Å². The SMILES string of the molecule is CCOc1cc(C=NNc2ccccc2)c(Br)cc1OCCO. The lowest BCUT2D eigenvalue weighted by atomic mass is 10.2. The fourth-order valence-electron chi connectivity index (χ4n) is 1.88. The summed E-state index contributed by atoms with van der Waals surface area (Å²) in [5, 5.41) is 13.1. The average Bonchev–Trinajstić information content (AvgIpc) is 2.57. The zero-order chi connectivity index (χ0) is 16.5. The number of hydrazone groups is 1. The second-order valence-electron chi connectivity index (χ2n) is 4.56.